The van der Waals surface area contributed by atoms with E-state index in [0.717, 1.165) is 11.1 Å². The molecule has 0 atom stereocenters. The van der Waals surface area contributed by atoms with Crippen molar-refractivity contribution >= 4 is 18.0 Å². The van der Waals surface area contributed by atoms with Gasteiger partial charge in [0.2, 0.25) is 0 Å². The van der Waals surface area contributed by atoms with Crippen molar-refractivity contribution in [2.45, 2.75) is 13.8 Å². The molecule has 3 N–H and O–H groups in total. The van der Waals surface area contributed by atoms with Gasteiger partial charge in [0.15, 0.2) is 0 Å². The van der Waals surface area contributed by atoms with Gasteiger partial charge >= 0.3 is 0 Å². The van der Waals surface area contributed by atoms with Gasteiger partial charge in [-0.05, 0) is 23.3 Å². The van der Waals surface area contributed by atoms with Crippen LogP contribution in [0.25, 0.3) is 6.08 Å². The molecule has 0 radical (unpaired) electrons. The van der Waals surface area contributed by atoms with Gasteiger partial charge in [-0.1, -0.05) is 32.6 Å². The summed E-state index contributed by atoms with van der Waals surface area (Å²) < 4.78 is 0. The van der Waals surface area contributed by atoms with E-state index in [2.05, 4.69) is 6.58 Å². The van der Waals surface area contributed by atoms with Crippen LogP contribution in [0.1, 0.15) is 25.0 Å². The van der Waals surface area contributed by atoms with Crippen LogP contribution in [0.15, 0.2) is 24.8 Å². The summed E-state index contributed by atoms with van der Waals surface area (Å²) in [5.41, 5.74) is 7.98. The van der Waals surface area contributed by atoms with Gasteiger partial charge < -0.3 is 11.1 Å². The molecule has 13 heavy (non-hydrogen) atoms. The third-order valence-corrected chi connectivity index (χ3v) is 1.49. The molecule has 0 amide bonds. The minimum absolute atomic E-state index is 0.700. The zero-order valence-electron chi connectivity index (χ0n) is 8.17. The third-order valence-electron chi connectivity index (χ3n) is 1.49. The molecule has 0 heterocycles. The molecule has 0 aliphatic carbocycles. The van der Waals surface area contributed by atoms with Crippen LogP contribution >= 0.6 is 0 Å². The maximum absolute atomic E-state index is 7.04. The molecule has 0 aliphatic heterocycles. The first-order valence-corrected chi connectivity index (χ1v) is 4.30. The number of nitrogen functional groups attached to an aromatic ring is 1. The number of nitrogens with two attached hydrogens (primary N) is 1. The molecule has 0 saturated carbocycles. The van der Waals surface area contributed by atoms with Crippen molar-refractivity contribution in [2.24, 2.45) is 0 Å². The van der Waals surface area contributed by atoms with Crippen molar-refractivity contribution in [3.63, 3.8) is 0 Å². The van der Waals surface area contributed by atoms with E-state index in [1.165, 1.54) is 6.21 Å². The smallest absolute Gasteiger partial charge is 0.0320 e. The minimum Gasteiger partial charge on any atom is -0.399 e. The Morgan fingerprint density at radius 3 is 2.38 bits per heavy atom. The fourth-order valence-electron chi connectivity index (χ4n) is 0.901. The monoisotopic (exact) mass is 176 g/mol. The fraction of sp³-hybridized carbons (Fsp3) is 0.182. The molecule has 0 saturated heterocycles. The predicted octanol–water partition coefficient (Wildman–Crippen LogP) is 2.94. The first-order valence-electron chi connectivity index (χ1n) is 4.30. The molecule has 0 unspecified atom stereocenters. The van der Waals surface area contributed by atoms with Gasteiger partial charge in [-0.15, -0.1) is 0 Å². The normalized spacial score (nSPS) is 8.15. The average molecular weight is 176 g/mol. The average Bonchev–Trinajstić information content (AvgIpc) is 2.20. The zero-order valence-corrected chi connectivity index (χ0v) is 8.17. The van der Waals surface area contributed by atoms with E-state index in [0.29, 0.717) is 5.69 Å². The van der Waals surface area contributed by atoms with E-state index in [-0.39, 0.29) is 0 Å². The van der Waals surface area contributed by atoms with Gasteiger partial charge in [-0.25, -0.2) is 0 Å². The Labute approximate surface area is 79.6 Å². The third kappa shape index (κ3) is 3.11. The maximum Gasteiger partial charge on any atom is 0.0320 e. The number of rotatable bonds is 2. The number of nitrogens with one attached hydrogen (secondary N) is 1. The molecule has 0 bridgehead atoms. The summed E-state index contributed by atoms with van der Waals surface area (Å²) in [4.78, 5) is 0. The van der Waals surface area contributed by atoms with E-state index in [9.17, 15) is 0 Å². The summed E-state index contributed by atoms with van der Waals surface area (Å²) in [7, 11) is 0. The number of hydrogen-bond acceptors (Lipinski definition) is 2. The Morgan fingerprint density at radius 1 is 1.31 bits per heavy atom. The zero-order chi connectivity index (χ0) is 10.3. The first kappa shape index (κ1) is 11.4. The van der Waals surface area contributed by atoms with E-state index >= 15 is 0 Å². The van der Waals surface area contributed by atoms with E-state index in [1.54, 1.807) is 24.3 Å². The van der Waals surface area contributed by atoms with Crippen LogP contribution in [-0.4, -0.2) is 6.21 Å². The molecule has 70 valence electrons. The summed E-state index contributed by atoms with van der Waals surface area (Å²) in [5.74, 6) is 0. The van der Waals surface area contributed by atoms with Crippen LogP contribution in [0.5, 0.6) is 0 Å². The lowest BCUT2D eigenvalue weighted by Crippen LogP contribution is -1.89. The Balaban J connectivity index is 0.000000671. The Bertz CT molecular complexity index is 290. The SMILES string of the molecule is C=Cc1cc(N)ccc1C=N.CC. The molecule has 1 aromatic rings. The lowest BCUT2D eigenvalue weighted by molar-refractivity contribution is 1.50. The molecule has 2 nitrogen and oxygen atoms in total. The largest absolute Gasteiger partial charge is 0.399 e. The highest BCUT2D eigenvalue weighted by Gasteiger charge is 1.94. The van der Waals surface area contributed by atoms with Gasteiger partial charge in [0.05, 0.1) is 0 Å². The van der Waals surface area contributed by atoms with Crippen molar-refractivity contribution in [1.29, 1.82) is 5.41 Å². The van der Waals surface area contributed by atoms with Gasteiger partial charge in [-0.2, -0.15) is 0 Å². The topological polar surface area (TPSA) is 49.9 Å². The lowest BCUT2D eigenvalue weighted by Gasteiger charge is -1.99. The number of benzene rings is 1. The molecule has 0 aliphatic rings. The van der Waals surface area contributed by atoms with E-state index in [1.807, 2.05) is 13.8 Å². The van der Waals surface area contributed by atoms with Crippen LogP contribution in [0.4, 0.5) is 5.69 Å². The summed E-state index contributed by atoms with van der Waals surface area (Å²) in [6.07, 6.45) is 2.98. The highest BCUT2D eigenvalue weighted by molar-refractivity contribution is 5.84. The van der Waals surface area contributed by atoms with Crippen LogP contribution in [-0.2, 0) is 0 Å². The van der Waals surface area contributed by atoms with Crippen molar-refractivity contribution in [3.8, 4) is 0 Å². The Morgan fingerprint density at radius 2 is 1.92 bits per heavy atom. The van der Waals surface area contributed by atoms with Crippen LogP contribution in [0.2, 0.25) is 0 Å². The van der Waals surface area contributed by atoms with Crippen LogP contribution in [0, 0.1) is 5.41 Å². The number of anilines is 1. The molecule has 1 rings (SSSR count). The summed E-state index contributed by atoms with van der Waals surface area (Å²) in [6, 6.07) is 5.38. The minimum atomic E-state index is 0.700. The standard InChI is InChI=1S/C9H10N2.C2H6/c1-2-7-5-9(11)4-3-8(7)6-10;1-2/h2-6,10H,1,11H2;1-2H3. The van der Waals surface area contributed by atoms with Crippen molar-refractivity contribution in [3.05, 3.63) is 35.9 Å². The molecule has 0 spiro atoms. The Hall–Kier alpha value is -1.57. The van der Waals surface area contributed by atoms with Crippen molar-refractivity contribution in [2.75, 3.05) is 5.73 Å². The predicted molar refractivity (Wildman–Crippen MR) is 60.2 cm³/mol. The molecular weight excluding hydrogens is 160 g/mol. The van der Waals surface area contributed by atoms with Crippen LogP contribution < -0.4 is 5.73 Å². The quantitative estimate of drug-likeness (QED) is 0.528. The van der Waals surface area contributed by atoms with E-state index in [4.69, 9.17) is 11.1 Å². The van der Waals surface area contributed by atoms with Gasteiger partial charge in [0.25, 0.3) is 0 Å². The second kappa shape index (κ2) is 6.00. The van der Waals surface area contributed by atoms with Gasteiger partial charge in [0.1, 0.15) is 0 Å². The van der Waals surface area contributed by atoms with Crippen molar-refractivity contribution < 1.29 is 0 Å². The Kier molecular flexibility index (Phi) is 5.28. The molecule has 2 heteroatoms. The highest BCUT2D eigenvalue weighted by atomic mass is 14.5. The summed E-state index contributed by atoms with van der Waals surface area (Å²) >= 11 is 0. The van der Waals surface area contributed by atoms with Gasteiger partial charge in [-0.3, -0.25) is 0 Å². The lowest BCUT2D eigenvalue weighted by atomic mass is 10.1. The fourth-order valence-corrected chi connectivity index (χ4v) is 0.901. The molecular formula is C11H16N2. The second-order valence-electron chi connectivity index (χ2n) is 2.24. The first-order chi connectivity index (χ1) is 6.27. The second-order valence-corrected chi connectivity index (χ2v) is 2.24. The van der Waals surface area contributed by atoms with Gasteiger partial charge in [0, 0.05) is 11.9 Å². The van der Waals surface area contributed by atoms with Crippen molar-refractivity contribution in [1.82, 2.24) is 0 Å². The molecule has 0 fully saturated rings. The van der Waals surface area contributed by atoms with E-state index < -0.39 is 0 Å². The highest BCUT2D eigenvalue weighted by Crippen LogP contribution is 2.12. The summed E-state index contributed by atoms with van der Waals surface area (Å²) in [6.45, 7) is 7.62. The molecule has 1 aromatic carbocycles. The summed E-state index contributed by atoms with van der Waals surface area (Å²) in [5, 5.41) is 7.04. The van der Waals surface area contributed by atoms with Crippen LogP contribution in [0.3, 0.4) is 0 Å². The number of hydrogen-bond donors (Lipinski definition) is 2. The maximum atomic E-state index is 7.04. The molecule has 0 aromatic heterocycles.